The Hall–Kier alpha value is -1.66. The van der Waals surface area contributed by atoms with E-state index in [0.717, 1.165) is 40.6 Å². The lowest BCUT2D eigenvalue weighted by Crippen LogP contribution is -2.57. The number of hydrogen-bond donors (Lipinski definition) is 1. The first-order valence-corrected chi connectivity index (χ1v) is 10.1. The van der Waals surface area contributed by atoms with Gasteiger partial charge in [-0.05, 0) is 74.3 Å². The van der Waals surface area contributed by atoms with Crippen molar-refractivity contribution in [3.05, 3.63) is 23.1 Å². The zero-order chi connectivity index (χ0) is 16.8. The molecule has 1 atom stereocenters. The van der Waals surface area contributed by atoms with Gasteiger partial charge in [0, 0.05) is 24.0 Å². The highest BCUT2D eigenvalue weighted by Crippen LogP contribution is 2.32. The molecule has 1 aliphatic carbocycles. The SMILES string of the molecule is O=C(N[C@H]1CN2CCC1CC2)c1snc2cc(OCC3CC3)ccc12. The van der Waals surface area contributed by atoms with Crippen LogP contribution < -0.4 is 10.1 Å². The molecule has 1 N–H and O–H groups in total. The van der Waals surface area contributed by atoms with Gasteiger partial charge in [0.05, 0.1) is 12.1 Å². The second-order valence-corrected chi connectivity index (χ2v) is 8.44. The first-order chi connectivity index (χ1) is 12.3. The number of nitrogens with zero attached hydrogens (tertiary/aromatic N) is 2. The maximum absolute atomic E-state index is 12.8. The van der Waals surface area contributed by atoms with Crippen molar-refractivity contribution in [2.24, 2.45) is 11.8 Å². The van der Waals surface area contributed by atoms with Crippen molar-refractivity contribution >= 4 is 28.3 Å². The van der Waals surface area contributed by atoms with E-state index in [1.165, 1.54) is 50.3 Å². The van der Waals surface area contributed by atoms with Gasteiger partial charge in [-0.3, -0.25) is 4.79 Å². The molecule has 4 aliphatic rings. The minimum atomic E-state index is 0.0258. The molecule has 3 saturated heterocycles. The summed E-state index contributed by atoms with van der Waals surface area (Å²) >= 11 is 1.29. The molecule has 4 heterocycles. The van der Waals surface area contributed by atoms with E-state index in [-0.39, 0.29) is 11.9 Å². The summed E-state index contributed by atoms with van der Waals surface area (Å²) in [5.74, 6) is 2.25. The fourth-order valence-corrected chi connectivity index (χ4v) is 4.79. The van der Waals surface area contributed by atoms with Crippen LogP contribution in [0.5, 0.6) is 5.75 Å². The van der Waals surface area contributed by atoms with Crippen LogP contribution in [0.3, 0.4) is 0 Å². The molecule has 2 aromatic rings. The maximum Gasteiger partial charge on any atom is 0.263 e. The van der Waals surface area contributed by atoms with E-state index < -0.39 is 0 Å². The Morgan fingerprint density at radius 2 is 2.12 bits per heavy atom. The van der Waals surface area contributed by atoms with Crippen LogP contribution in [0.1, 0.15) is 35.4 Å². The normalized spacial score (nSPS) is 28.2. The predicted octanol–water partition coefficient (Wildman–Crippen LogP) is 2.91. The molecule has 6 heteroatoms. The minimum absolute atomic E-state index is 0.0258. The van der Waals surface area contributed by atoms with Crippen LogP contribution >= 0.6 is 11.5 Å². The Labute approximate surface area is 151 Å². The smallest absolute Gasteiger partial charge is 0.263 e. The molecule has 0 radical (unpaired) electrons. The standard InChI is InChI=1S/C19H23N3O2S/c23-19(20-17-10-22-7-5-13(17)6-8-22)18-15-4-3-14(9-16(15)21-25-18)24-11-12-1-2-12/h3-4,9,12-13,17H,1-2,5-8,10-11H2,(H,20,23)/t17-/m0/s1. The molecule has 6 rings (SSSR count). The average molecular weight is 357 g/mol. The van der Waals surface area contributed by atoms with Gasteiger partial charge in [-0.1, -0.05) is 0 Å². The second-order valence-electron chi connectivity index (χ2n) is 7.66. The first kappa shape index (κ1) is 15.6. The fraction of sp³-hybridized carbons (Fsp3) is 0.579. The van der Waals surface area contributed by atoms with Crippen molar-refractivity contribution in [3.8, 4) is 5.75 Å². The number of carbonyl (C=O) groups is 1. The monoisotopic (exact) mass is 357 g/mol. The van der Waals surface area contributed by atoms with Crippen molar-refractivity contribution in [1.29, 1.82) is 0 Å². The Morgan fingerprint density at radius 3 is 2.84 bits per heavy atom. The first-order valence-electron chi connectivity index (χ1n) is 9.32. The van der Waals surface area contributed by atoms with Crippen molar-refractivity contribution < 1.29 is 9.53 Å². The summed E-state index contributed by atoms with van der Waals surface area (Å²) in [6, 6.07) is 6.18. The van der Waals surface area contributed by atoms with Gasteiger partial charge in [-0.15, -0.1) is 0 Å². The maximum atomic E-state index is 12.8. The van der Waals surface area contributed by atoms with Gasteiger partial charge in [-0.25, -0.2) is 0 Å². The van der Waals surface area contributed by atoms with E-state index in [1.54, 1.807) is 0 Å². The van der Waals surface area contributed by atoms with Crippen LogP contribution in [0.25, 0.3) is 10.9 Å². The largest absolute Gasteiger partial charge is 0.493 e. The Kier molecular flexibility index (Phi) is 3.90. The number of piperidine rings is 3. The van der Waals surface area contributed by atoms with E-state index in [9.17, 15) is 4.79 Å². The number of rotatable bonds is 5. The number of ether oxygens (including phenoxy) is 1. The lowest BCUT2D eigenvalue weighted by atomic mass is 9.84. The van der Waals surface area contributed by atoms with Crippen molar-refractivity contribution in [1.82, 2.24) is 14.6 Å². The molecule has 1 aromatic carbocycles. The fourth-order valence-electron chi connectivity index (χ4n) is 4.04. The third kappa shape index (κ3) is 3.13. The molecule has 1 saturated carbocycles. The summed E-state index contributed by atoms with van der Waals surface area (Å²) in [4.78, 5) is 16.0. The number of nitrogens with one attached hydrogen (secondary N) is 1. The molecule has 1 aromatic heterocycles. The topological polar surface area (TPSA) is 54.5 Å². The number of aromatic nitrogens is 1. The summed E-state index contributed by atoms with van der Waals surface area (Å²) < 4.78 is 10.3. The zero-order valence-electron chi connectivity index (χ0n) is 14.2. The highest BCUT2D eigenvalue weighted by atomic mass is 32.1. The predicted molar refractivity (Wildman–Crippen MR) is 98.3 cm³/mol. The van der Waals surface area contributed by atoms with Crippen LogP contribution in [-0.2, 0) is 0 Å². The molecule has 132 valence electrons. The molecule has 1 amide bonds. The Bertz CT molecular complexity index is 793. The average Bonchev–Trinajstić information content (AvgIpc) is 3.38. The highest BCUT2D eigenvalue weighted by molar-refractivity contribution is 7.09. The molecule has 5 nitrogen and oxygen atoms in total. The van der Waals surface area contributed by atoms with E-state index in [2.05, 4.69) is 14.6 Å². The molecule has 0 spiro atoms. The quantitative estimate of drug-likeness (QED) is 0.894. The number of benzene rings is 1. The summed E-state index contributed by atoms with van der Waals surface area (Å²) in [5, 5.41) is 4.20. The van der Waals surface area contributed by atoms with Gasteiger partial charge in [-0.2, -0.15) is 4.37 Å². The van der Waals surface area contributed by atoms with Crippen LogP contribution in [-0.4, -0.2) is 47.5 Å². The van der Waals surface area contributed by atoms with Gasteiger partial charge in [0.1, 0.15) is 10.6 Å². The van der Waals surface area contributed by atoms with E-state index in [4.69, 9.17) is 4.74 Å². The zero-order valence-corrected chi connectivity index (χ0v) is 15.1. The van der Waals surface area contributed by atoms with Gasteiger partial charge in [0.2, 0.25) is 0 Å². The molecule has 25 heavy (non-hydrogen) atoms. The third-order valence-electron chi connectivity index (χ3n) is 5.81. The lowest BCUT2D eigenvalue weighted by Gasteiger charge is -2.44. The van der Waals surface area contributed by atoms with Crippen LogP contribution in [0.15, 0.2) is 18.2 Å². The molecular weight excluding hydrogens is 334 g/mol. The number of carbonyl (C=O) groups excluding carboxylic acids is 1. The second kappa shape index (κ2) is 6.25. The van der Waals surface area contributed by atoms with Crippen LogP contribution in [0, 0.1) is 11.8 Å². The summed E-state index contributed by atoms with van der Waals surface area (Å²) in [5.41, 5.74) is 0.859. The Balaban J connectivity index is 1.30. The highest BCUT2D eigenvalue weighted by Gasteiger charge is 2.35. The van der Waals surface area contributed by atoms with E-state index in [0.29, 0.717) is 5.92 Å². The van der Waals surface area contributed by atoms with Crippen LogP contribution in [0.2, 0.25) is 0 Å². The van der Waals surface area contributed by atoms with Crippen molar-refractivity contribution in [2.75, 3.05) is 26.2 Å². The molecule has 3 aliphatic heterocycles. The van der Waals surface area contributed by atoms with Gasteiger partial charge < -0.3 is 15.0 Å². The van der Waals surface area contributed by atoms with Crippen molar-refractivity contribution in [3.63, 3.8) is 0 Å². The number of hydrogen-bond acceptors (Lipinski definition) is 5. The summed E-state index contributed by atoms with van der Waals surface area (Å²) in [6.07, 6.45) is 4.97. The lowest BCUT2D eigenvalue weighted by molar-refractivity contribution is 0.0623. The van der Waals surface area contributed by atoms with Gasteiger partial charge >= 0.3 is 0 Å². The van der Waals surface area contributed by atoms with E-state index in [1.807, 2.05) is 18.2 Å². The molecule has 2 bridgehead atoms. The van der Waals surface area contributed by atoms with E-state index >= 15 is 0 Å². The molecule has 4 fully saturated rings. The minimum Gasteiger partial charge on any atom is -0.493 e. The molecule has 0 unspecified atom stereocenters. The number of amides is 1. The summed E-state index contributed by atoms with van der Waals surface area (Å²) in [7, 11) is 0. The number of fused-ring (bicyclic) bond motifs is 4. The van der Waals surface area contributed by atoms with Crippen molar-refractivity contribution in [2.45, 2.75) is 31.7 Å². The van der Waals surface area contributed by atoms with Gasteiger partial charge in [0.15, 0.2) is 0 Å². The van der Waals surface area contributed by atoms with Gasteiger partial charge in [0.25, 0.3) is 5.91 Å². The third-order valence-corrected chi connectivity index (χ3v) is 6.69. The van der Waals surface area contributed by atoms with Crippen LogP contribution in [0.4, 0.5) is 0 Å². The molecular formula is C19H23N3O2S. The summed E-state index contributed by atoms with van der Waals surface area (Å²) in [6.45, 7) is 4.16. The Morgan fingerprint density at radius 1 is 1.28 bits per heavy atom.